The monoisotopic (exact) mass is 310 g/mol. The lowest BCUT2D eigenvalue weighted by Crippen LogP contribution is -2.34. The third-order valence-electron chi connectivity index (χ3n) is 3.37. The quantitative estimate of drug-likeness (QED) is 0.813. The first kappa shape index (κ1) is 13.8. The number of thioether (sulfide) groups is 1. The third kappa shape index (κ3) is 2.79. The highest BCUT2D eigenvalue weighted by molar-refractivity contribution is 8.00. The molecule has 0 aliphatic carbocycles. The number of oxazole rings is 1. The number of aromatic nitrogens is 1. The summed E-state index contributed by atoms with van der Waals surface area (Å²) < 4.78 is 5.63. The number of fused-ring (bicyclic) bond motifs is 1. The predicted octanol–water partition coefficient (Wildman–Crippen LogP) is 3.58. The first-order chi connectivity index (χ1) is 9.63. The first-order valence-corrected chi connectivity index (χ1v) is 7.91. The van der Waals surface area contributed by atoms with Gasteiger partial charge in [-0.3, -0.25) is 4.79 Å². The summed E-state index contributed by atoms with van der Waals surface area (Å²) in [5.74, 6) is 0.160. The van der Waals surface area contributed by atoms with Gasteiger partial charge in [-0.05, 0) is 31.9 Å². The summed E-state index contributed by atoms with van der Waals surface area (Å²) in [6.07, 6.45) is 2.20. The molecule has 1 aromatic carbocycles. The van der Waals surface area contributed by atoms with Crippen molar-refractivity contribution < 1.29 is 9.21 Å². The van der Waals surface area contributed by atoms with Crippen LogP contribution < -0.4 is 0 Å². The number of nitrogens with zero attached hydrogens (tertiary/aromatic N) is 2. The third-order valence-corrected chi connectivity index (χ3v) is 4.54. The van der Waals surface area contributed by atoms with Crippen LogP contribution in [0.15, 0.2) is 27.8 Å². The van der Waals surface area contributed by atoms with Crippen LogP contribution in [0.2, 0.25) is 5.02 Å². The number of hydrogen-bond donors (Lipinski definition) is 0. The van der Waals surface area contributed by atoms with Crippen LogP contribution in [0.3, 0.4) is 0 Å². The highest BCUT2D eigenvalue weighted by Crippen LogP contribution is 2.29. The number of benzene rings is 1. The Morgan fingerprint density at radius 1 is 1.45 bits per heavy atom. The van der Waals surface area contributed by atoms with Crippen LogP contribution in [0.25, 0.3) is 11.1 Å². The molecule has 0 bridgehead atoms. The van der Waals surface area contributed by atoms with E-state index in [1.807, 2.05) is 17.9 Å². The smallest absolute Gasteiger partial charge is 0.257 e. The van der Waals surface area contributed by atoms with E-state index in [-0.39, 0.29) is 11.2 Å². The van der Waals surface area contributed by atoms with Crippen LogP contribution in [0.5, 0.6) is 0 Å². The zero-order valence-corrected chi connectivity index (χ0v) is 12.7. The van der Waals surface area contributed by atoms with E-state index < -0.39 is 0 Å². The van der Waals surface area contributed by atoms with Crippen LogP contribution in [0.4, 0.5) is 0 Å². The van der Waals surface area contributed by atoms with Crippen molar-refractivity contribution >= 4 is 40.4 Å². The Hall–Kier alpha value is -1.20. The fourth-order valence-electron chi connectivity index (χ4n) is 2.32. The molecule has 6 heteroatoms. The first-order valence-electron chi connectivity index (χ1n) is 6.65. The van der Waals surface area contributed by atoms with Gasteiger partial charge < -0.3 is 9.32 Å². The van der Waals surface area contributed by atoms with Crippen molar-refractivity contribution in [3.8, 4) is 0 Å². The minimum atomic E-state index is -0.184. The molecule has 2 aromatic rings. The number of amides is 1. The fourth-order valence-corrected chi connectivity index (χ4v) is 3.33. The Kier molecular flexibility index (Phi) is 3.89. The minimum Gasteiger partial charge on any atom is -0.431 e. The number of carbonyl (C=O) groups excluding carboxylic acids is 1. The van der Waals surface area contributed by atoms with Gasteiger partial charge in [0.1, 0.15) is 5.52 Å². The van der Waals surface area contributed by atoms with E-state index in [4.69, 9.17) is 16.0 Å². The fraction of sp³-hybridized carbons (Fsp3) is 0.429. The van der Waals surface area contributed by atoms with Crippen LogP contribution in [0, 0.1) is 0 Å². The molecule has 1 aliphatic rings. The summed E-state index contributed by atoms with van der Waals surface area (Å²) in [5, 5.41) is 0.949. The van der Waals surface area contributed by atoms with Gasteiger partial charge in [0, 0.05) is 24.2 Å². The molecule has 20 heavy (non-hydrogen) atoms. The van der Waals surface area contributed by atoms with Gasteiger partial charge in [0.2, 0.25) is 5.91 Å². The lowest BCUT2D eigenvalue weighted by Gasteiger charge is -2.18. The molecule has 0 N–H and O–H groups in total. The van der Waals surface area contributed by atoms with Gasteiger partial charge in [-0.1, -0.05) is 23.4 Å². The molecule has 1 aliphatic heterocycles. The second-order valence-corrected chi connectivity index (χ2v) is 6.61. The molecular weight excluding hydrogens is 296 g/mol. The Labute approximate surface area is 126 Å². The van der Waals surface area contributed by atoms with E-state index in [1.165, 1.54) is 11.8 Å². The maximum absolute atomic E-state index is 12.2. The molecule has 0 spiro atoms. The normalized spacial score (nSPS) is 16.8. The zero-order valence-electron chi connectivity index (χ0n) is 11.1. The largest absolute Gasteiger partial charge is 0.431 e. The van der Waals surface area contributed by atoms with E-state index in [9.17, 15) is 4.79 Å². The summed E-state index contributed by atoms with van der Waals surface area (Å²) in [6.45, 7) is 3.63. The lowest BCUT2D eigenvalue weighted by molar-refractivity contribution is -0.129. The van der Waals surface area contributed by atoms with Gasteiger partial charge in [-0.2, -0.15) is 0 Å². The van der Waals surface area contributed by atoms with E-state index >= 15 is 0 Å². The molecule has 106 valence electrons. The van der Waals surface area contributed by atoms with Crippen LogP contribution >= 0.6 is 23.4 Å². The molecule has 1 aromatic heterocycles. The van der Waals surface area contributed by atoms with Crippen LogP contribution in [-0.4, -0.2) is 34.1 Å². The molecule has 4 nitrogen and oxygen atoms in total. The van der Waals surface area contributed by atoms with E-state index in [2.05, 4.69) is 4.98 Å². The molecular formula is C14H15ClN2O2S. The number of halogens is 1. The summed E-state index contributed by atoms with van der Waals surface area (Å²) >= 11 is 7.27. The second kappa shape index (κ2) is 5.66. The predicted molar refractivity (Wildman–Crippen MR) is 80.2 cm³/mol. The van der Waals surface area contributed by atoms with Crippen molar-refractivity contribution in [2.24, 2.45) is 0 Å². The van der Waals surface area contributed by atoms with E-state index in [0.717, 1.165) is 31.4 Å². The van der Waals surface area contributed by atoms with Gasteiger partial charge >= 0.3 is 0 Å². The Balaban J connectivity index is 1.73. The highest BCUT2D eigenvalue weighted by atomic mass is 35.5. The van der Waals surface area contributed by atoms with Gasteiger partial charge in [0.15, 0.2) is 5.58 Å². The van der Waals surface area contributed by atoms with Crippen molar-refractivity contribution in [3.05, 3.63) is 23.2 Å². The molecule has 2 heterocycles. The summed E-state index contributed by atoms with van der Waals surface area (Å²) in [4.78, 5) is 18.5. The van der Waals surface area contributed by atoms with Gasteiger partial charge in [-0.15, -0.1) is 0 Å². The standard InChI is InChI=1S/C14H15ClN2O2S/c1-9(13(18)17-6-2-3-7-17)20-14-16-11-5-4-10(15)8-12(11)19-14/h4-5,8-9H,2-3,6-7H2,1H3. The van der Waals surface area contributed by atoms with E-state index in [1.54, 1.807) is 12.1 Å². The molecule has 1 atom stereocenters. The van der Waals surface area contributed by atoms with Crippen molar-refractivity contribution in [2.75, 3.05) is 13.1 Å². The molecule has 1 unspecified atom stereocenters. The minimum absolute atomic E-state index is 0.160. The summed E-state index contributed by atoms with van der Waals surface area (Å²) in [5.41, 5.74) is 1.42. The van der Waals surface area contributed by atoms with Gasteiger partial charge in [-0.25, -0.2) is 4.98 Å². The number of hydrogen-bond acceptors (Lipinski definition) is 4. The maximum Gasteiger partial charge on any atom is 0.257 e. The highest BCUT2D eigenvalue weighted by Gasteiger charge is 2.25. The molecule has 0 radical (unpaired) electrons. The number of carbonyl (C=O) groups is 1. The molecule has 3 rings (SSSR count). The average Bonchev–Trinajstić information content (AvgIpc) is 3.05. The average molecular weight is 311 g/mol. The molecule has 1 amide bonds. The van der Waals surface area contributed by atoms with Crippen molar-refractivity contribution in [3.63, 3.8) is 0 Å². The Morgan fingerprint density at radius 3 is 2.95 bits per heavy atom. The van der Waals surface area contributed by atoms with Crippen molar-refractivity contribution in [2.45, 2.75) is 30.2 Å². The molecule has 1 saturated heterocycles. The Bertz CT molecular complexity index is 637. The number of rotatable bonds is 3. The SMILES string of the molecule is CC(Sc1nc2ccc(Cl)cc2o1)C(=O)N1CCCC1. The Morgan fingerprint density at radius 2 is 2.20 bits per heavy atom. The number of likely N-dealkylation sites (tertiary alicyclic amines) is 1. The summed E-state index contributed by atoms with van der Waals surface area (Å²) in [7, 11) is 0. The molecule has 0 saturated carbocycles. The van der Waals surface area contributed by atoms with Crippen molar-refractivity contribution in [1.29, 1.82) is 0 Å². The topological polar surface area (TPSA) is 46.3 Å². The summed E-state index contributed by atoms with van der Waals surface area (Å²) in [6, 6.07) is 5.33. The van der Waals surface area contributed by atoms with Gasteiger partial charge in [0.05, 0.1) is 5.25 Å². The second-order valence-electron chi connectivity index (χ2n) is 4.88. The van der Waals surface area contributed by atoms with Crippen LogP contribution in [0.1, 0.15) is 19.8 Å². The molecule has 1 fully saturated rings. The van der Waals surface area contributed by atoms with Crippen molar-refractivity contribution in [1.82, 2.24) is 9.88 Å². The van der Waals surface area contributed by atoms with E-state index in [0.29, 0.717) is 15.8 Å². The lowest BCUT2D eigenvalue weighted by atomic mass is 10.3. The maximum atomic E-state index is 12.2. The van der Waals surface area contributed by atoms with Gasteiger partial charge in [0.25, 0.3) is 5.22 Å². The zero-order chi connectivity index (χ0) is 14.1. The van der Waals surface area contributed by atoms with Crippen LogP contribution in [-0.2, 0) is 4.79 Å².